The molecule has 1 aromatic carbocycles. The van der Waals surface area contributed by atoms with E-state index in [1.807, 2.05) is 20.8 Å². The lowest BCUT2D eigenvalue weighted by atomic mass is 9.94. The molecule has 22 heavy (non-hydrogen) atoms. The largest absolute Gasteiger partial charge is 0.478 e. The Morgan fingerprint density at radius 1 is 1.32 bits per heavy atom. The molecule has 1 aromatic heterocycles. The van der Waals surface area contributed by atoms with Crippen molar-refractivity contribution >= 4 is 5.97 Å². The average Bonchev–Trinajstić information content (AvgIpc) is 2.45. The molecule has 0 atom stereocenters. The maximum Gasteiger partial charge on any atom is 0.337 e. The zero-order valence-corrected chi connectivity index (χ0v) is 13.1. The summed E-state index contributed by atoms with van der Waals surface area (Å²) in [6, 6.07) is 7.99. The van der Waals surface area contributed by atoms with Crippen molar-refractivity contribution in [1.82, 2.24) is 4.98 Å². The average molecular weight is 301 g/mol. The molecule has 2 rings (SSSR count). The Balaban J connectivity index is 2.64. The third-order valence-corrected chi connectivity index (χ3v) is 3.47. The number of benzene rings is 1. The first-order chi connectivity index (χ1) is 10.4. The van der Waals surface area contributed by atoms with Gasteiger partial charge in [-0.2, -0.15) is 0 Å². The summed E-state index contributed by atoms with van der Waals surface area (Å²) in [6.07, 6.45) is 1.18. The zero-order chi connectivity index (χ0) is 16.3. The Morgan fingerprint density at radius 2 is 2.05 bits per heavy atom. The van der Waals surface area contributed by atoms with Gasteiger partial charge in [-0.15, -0.1) is 0 Å². The van der Waals surface area contributed by atoms with E-state index in [0.717, 1.165) is 5.56 Å². The van der Waals surface area contributed by atoms with Crippen LogP contribution in [-0.4, -0.2) is 16.1 Å². The summed E-state index contributed by atoms with van der Waals surface area (Å²) in [5.74, 6) is -0.957. The Kier molecular flexibility index (Phi) is 4.91. The van der Waals surface area contributed by atoms with Gasteiger partial charge in [-0.1, -0.05) is 32.9 Å². The molecular formula is C18H20FNO2. The van der Waals surface area contributed by atoms with Crippen LogP contribution in [0.1, 0.15) is 42.4 Å². The van der Waals surface area contributed by atoms with Gasteiger partial charge >= 0.3 is 5.97 Å². The summed E-state index contributed by atoms with van der Waals surface area (Å²) in [5.41, 5.74) is 2.88. The van der Waals surface area contributed by atoms with Gasteiger partial charge < -0.3 is 5.11 Å². The van der Waals surface area contributed by atoms with Crippen LogP contribution in [-0.2, 0) is 12.8 Å². The van der Waals surface area contributed by atoms with Crippen molar-refractivity contribution in [2.45, 2.75) is 33.6 Å². The second-order valence-electron chi connectivity index (χ2n) is 5.76. The molecule has 0 saturated heterocycles. The predicted molar refractivity (Wildman–Crippen MR) is 84.5 cm³/mol. The second-order valence-corrected chi connectivity index (χ2v) is 5.76. The molecule has 0 amide bonds. The van der Waals surface area contributed by atoms with Gasteiger partial charge in [0.05, 0.1) is 17.0 Å². The van der Waals surface area contributed by atoms with Crippen molar-refractivity contribution in [2.24, 2.45) is 5.92 Å². The number of rotatable bonds is 5. The van der Waals surface area contributed by atoms with E-state index in [1.54, 1.807) is 18.2 Å². The van der Waals surface area contributed by atoms with Crippen LogP contribution in [0.25, 0.3) is 11.3 Å². The number of aryl methyl sites for hydroxylation is 1. The number of nitrogens with zero attached hydrogens (tertiary/aromatic N) is 1. The van der Waals surface area contributed by atoms with Gasteiger partial charge in [0.15, 0.2) is 0 Å². The van der Waals surface area contributed by atoms with Crippen molar-refractivity contribution in [3.63, 3.8) is 0 Å². The summed E-state index contributed by atoms with van der Waals surface area (Å²) < 4.78 is 13.4. The monoisotopic (exact) mass is 301 g/mol. The summed E-state index contributed by atoms with van der Waals surface area (Å²) in [6.45, 7) is 5.96. The SMILES string of the molecule is CCc1nc(-c2cccc(F)c2)cc(CC(C)C)c1C(=O)O. The van der Waals surface area contributed by atoms with E-state index in [0.29, 0.717) is 35.7 Å². The van der Waals surface area contributed by atoms with Crippen LogP contribution in [0.3, 0.4) is 0 Å². The van der Waals surface area contributed by atoms with Crippen LogP contribution in [0.4, 0.5) is 4.39 Å². The highest BCUT2D eigenvalue weighted by atomic mass is 19.1. The third kappa shape index (κ3) is 3.50. The number of halogens is 1. The highest BCUT2D eigenvalue weighted by Gasteiger charge is 2.19. The van der Waals surface area contributed by atoms with Crippen molar-refractivity contribution in [3.05, 3.63) is 53.0 Å². The molecule has 0 radical (unpaired) electrons. The molecule has 4 heteroatoms. The highest BCUT2D eigenvalue weighted by molar-refractivity contribution is 5.91. The number of pyridine rings is 1. The molecule has 3 nitrogen and oxygen atoms in total. The lowest BCUT2D eigenvalue weighted by Gasteiger charge is -2.14. The maximum atomic E-state index is 13.4. The lowest BCUT2D eigenvalue weighted by molar-refractivity contribution is 0.0694. The Hall–Kier alpha value is -2.23. The van der Waals surface area contributed by atoms with Crippen LogP contribution in [0, 0.1) is 11.7 Å². The molecule has 0 spiro atoms. The molecule has 0 bridgehead atoms. The molecule has 0 aliphatic heterocycles. The van der Waals surface area contributed by atoms with Crippen molar-refractivity contribution in [2.75, 3.05) is 0 Å². The fraction of sp³-hybridized carbons (Fsp3) is 0.333. The third-order valence-electron chi connectivity index (χ3n) is 3.47. The fourth-order valence-corrected chi connectivity index (χ4v) is 2.57. The minimum atomic E-state index is -0.953. The molecule has 0 aliphatic rings. The summed E-state index contributed by atoms with van der Waals surface area (Å²) in [7, 11) is 0. The Labute approximate surface area is 129 Å². The first kappa shape index (κ1) is 16.1. The topological polar surface area (TPSA) is 50.2 Å². The summed E-state index contributed by atoms with van der Waals surface area (Å²) in [4.78, 5) is 16.0. The van der Waals surface area contributed by atoms with E-state index in [4.69, 9.17) is 0 Å². The minimum absolute atomic E-state index is 0.288. The van der Waals surface area contributed by atoms with E-state index < -0.39 is 5.97 Å². The van der Waals surface area contributed by atoms with Crippen molar-refractivity contribution in [3.8, 4) is 11.3 Å². The minimum Gasteiger partial charge on any atom is -0.478 e. The van der Waals surface area contributed by atoms with Crippen LogP contribution in [0.15, 0.2) is 30.3 Å². The van der Waals surface area contributed by atoms with Gasteiger partial charge in [-0.25, -0.2) is 9.18 Å². The molecule has 2 aromatic rings. The standard InChI is InChI=1S/C18H20FNO2/c1-4-15-17(18(21)22)13(8-11(2)3)10-16(20-15)12-6-5-7-14(19)9-12/h5-7,9-11H,4,8H2,1-3H3,(H,21,22). The summed E-state index contributed by atoms with van der Waals surface area (Å²) in [5, 5.41) is 9.50. The number of hydrogen-bond acceptors (Lipinski definition) is 2. The number of aromatic nitrogens is 1. The van der Waals surface area contributed by atoms with Gasteiger partial charge in [0.2, 0.25) is 0 Å². The molecule has 0 aliphatic carbocycles. The van der Waals surface area contributed by atoms with Gasteiger partial charge in [-0.3, -0.25) is 4.98 Å². The van der Waals surface area contributed by atoms with Crippen molar-refractivity contribution < 1.29 is 14.3 Å². The second kappa shape index (κ2) is 6.69. The first-order valence-corrected chi connectivity index (χ1v) is 7.44. The molecule has 1 heterocycles. The van der Waals surface area contributed by atoms with Crippen LogP contribution in [0.5, 0.6) is 0 Å². The number of carboxylic acids is 1. The van der Waals surface area contributed by atoms with E-state index >= 15 is 0 Å². The van der Waals surface area contributed by atoms with E-state index in [9.17, 15) is 14.3 Å². The number of carbonyl (C=O) groups is 1. The summed E-state index contributed by atoms with van der Waals surface area (Å²) >= 11 is 0. The van der Waals surface area contributed by atoms with Gasteiger partial charge in [0, 0.05) is 5.56 Å². The molecular weight excluding hydrogens is 281 g/mol. The van der Waals surface area contributed by atoms with E-state index in [1.165, 1.54) is 12.1 Å². The van der Waals surface area contributed by atoms with E-state index in [2.05, 4.69) is 4.98 Å². The first-order valence-electron chi connectivity index (χ1n) is 7.44. The van der Waals surface area contributed by atoms with Crippen LogP contribution >= 0.6 is 0 Å². The lowest BCUT2D eigenvalue weighted by Crippen LogP contribution is -2.12. The maximum absolute atomic E-state index is 13.4. The molecule has 1 N–H and O–H groups in total. The predicted octanol–water partition coefficient (Wildman–Crippen LogP) is 4.35. The van der Waals surface area contributed by atoms with E-state index in [-0.39, 0.29) is 11.4 Å². The van der Waals surface area contributed by atoms with Gasteiger partial charge in [-0.05, 0) is 42.5 Å². The smallest absolute Gasteiger partial charge is 0.337 e. The van der Waals surface area contributed by atoms with Gasteiger partial charge in [0.25, 0.3) is 0 Å². The van der Waals surface area contributed by atoms with Crippen LogP contribution < -0.4 is 0 Å². The molecule has 0 fully saturated rings. The zero-order valence-electron chi connectivity index (χ0n) is 13.1. The quantitative estimate of drug-likeness (QED) is 0.893. The molecule has 116 valence electrons. The Bertz CT molecular complexity index is 695. The number of hydrogen-bond donors (Lipinski definition) is 1. The fourth-order valence-electron chi connectivity index (χ4n) is 2.57. The number of aromatic carboxylic acids is 1. The molecule has 0 saturated carbocycles. The van der Waals surface area contributed by atoms with Crippen LogP contribution in [0.2, 0.25) is 0 Å². The molecule has 0 unspecified atom stereocenters. The van der Waals surface area contributed by atoms with Gasteiger partial charge in [0.1, 0.15) is 5.82 Å². The highest BCUT2D eigenvalue weighted by Crippen LogP contribution is 2.25. The normalized spacial score (nSPS) is 11.0. The van der Waals surface area contributed by atoms with Crippen molar-refractivity contribution in [1.29, 1.82) is 0 Å². The Morgan fingerprint density at radius 3 is 2.59 bits per heavy atom. The number of carboxylic acid groups (broad SMARTS) is 1.